The molecule has 25 rings (SSSR count). The number of benzene rings is 21. The van der Waals surface area contributed by atoms with Crippen LogP contribution in [0.4, 0.5) is 0 Å². The summed E-state index contributed by atoms with van der Waals surface area (Å²) in [5.41, 5.74) is 35.1. The summed E-state index contributed by atoms with van der Waals surface area (Å²) in [6.07, 6.45) is 0. The van der Waals surface area contributed by atoms with Gasteiger partial charge in [-0.1, -0.05) is 364 Å². The summed E-state index contributed by atoms with van der Waals surface area (Å²) in [7, 11) is 2.09. The number of imidazole rings is 4. The Bertz CT molecular complexity index is 8400. The molecule has 25 aromatic rings. The lowest BCUT2D eigenvalue weighted by Crippen LogP contribution is -1.96. The second kappa shape index (κ2) is 33.9. The van der Waals surface area contributed by atoms with Gasteiger partial charge in [0.05, 0.1) is 44.1 Å². The normalized spacial score (nSPS) is 11.5. The van der Waals surface area contributed by atoms with Crippen molar-refractivity contribution in [2.75, 3.05) is 0 Å². The van der Waals surface area contributed by atoms with Gasteiger partial charge in [0.15, 0.2) is 0 Å². The second-order valence-electron chi connectivity index (χ2n) is 34.1. The molecule has 0 aliphatic heterocycles. The van der Waals surface area contributed by atoms with Crippen LogP contribution < -0.4 is 0 Å². The highest BCUT2D eigenvalue weighted by Gasteiger charge is 2.22. The fraction of sp³-hybridized carbons (Fsp3) is 0.0323. The Morgan fingerprint density at radius 1 is 0.167 bits per heavy atom. The molecule has 0 bridgehead atoms. The maximum Gasteiger partial charge on any atom is 0.140 e. The lowest BCUT2D eigenvalue weighted by molar-refractivity contribution is 0.959. The smallest absolute Gasteiger partial charge is 0.140 e. The minimum atomic E-state index is 0.978. The minimum Gasteiger partial charge on any atom is -0.327 e. The number of hydrogen-bond acceptors (Lipinski definition) is 4. The Labute approximate surface area is 765 Å². The van der Waals surface area contributed by atoms with Crippen LogP contribution in [0.2, 0.25) is 0 Å². The Balaban J connectivity index is 0.000000113. The highest BCUT2D eigenvalue weighted by atomic mass is 15.1. The summed E-state index contributed by atoms with van der Waals surface area (Å²) in [5.74, 6) is 3.94. The topological polar surface area (TPSA) is 71.3 Å². The maximum absolute atomic E-state index is 4.93. The molecule has 8 nitrogen and oxygen atoms in total. The molecule has 0 atom stereocenters. The fourth-order valence-corrected chi connectivity index (χ4v) is 19.9. The quantitative estimate of drug-likeness (QED) is 0.108. The summed E-state index contributed by atoms with van der Waals surface area (Å²) in [6.45, 7) is 6.19. The van der Waals surface area contributed by atoms with Crippen molar-refractivity contribution in [2.24, 2.45) is 7.05 Å². The predicted molar refractivity (Wildman–Crippen MR) is 554 cm³/mol. The zero-order valence-corrected chi connectivity index (χ0v) is 73.5. The molecule has 0 N–H and O–H groups in total. The summed E-state index contributed by atoms with van der Waals surface area (Å²) < 4.78 is 8.83. The van der Waals surface area contributed by atoms with Crippen molar-refractivity contribution in [1.29, 1.82) is 0 Å². The van der Waals surface area contributed by atoms with E-state index in [2.05, 4.69) is 483 Å². The maximum atomic E-state index is 4.93. The van der Waals surface area contributed by atoms with Gasteiger partial charge in [0.1, 0.15) is 23.3 Å². The molecule has 8 heteroatoms. The van der Waals surface area contributed by atoms with Gasteiger partial charge in [0.25, 0.3) is 0 Å². The van der Waals surface area contributed by atoms with Crippen molar-refractivity contribution in [3.05, 3.63) is 479 Å². The molecule has 4 aromatic heterocycles. The monoisotopic (exact) mass is 1690 g/mol. The molecule has 0 aliphatic carbocycles. The van der Waals surface area contributed by atoms with E-state index in [1.165, 1.54) is 148 Å². The summed E-state index contributed by atoms with van der Waals surface area (Å²) in [6, 6.07) is 165. The number of aryl methyl sites for hydroxylation is 4. The Hall–Kier alpha value is -17.2. The first-order valence-corrected chi connectivity index (χ1v) is 45.1. The van der Waals surface area contributed by atoms with E-state index < -0.39 is 0 Å². The molecule has 0 fully saturated rings. The van der Waals surface area contributed by atoms with E-state index in [1.54, 1.807) is 0 Å². The average molecular weight is 1690 g/mol. The molecule has 4 heterocycles. The van der Waals surface area contributed by atoms with E-state index in [1.807, 2.05) is 24.3 Å². The van der Waals surface area contributed by atoms with E-state index in [0.29, 0.717) is 0 Å². The minimum absolute atomic E-state index is 0.978. The third kappa shape index (κ3) is 14.6. The number of hydrogen-bond donors (Lipinski definition) is 0. The van der Waals surface area contributed by atoms with Gasteiger partial charge in [-0.3, -0.25) is 13.7 Å². The standard InChI is InChI=1S/C46H32N2.C40H28N2.C38H28N4/c1-31-47-43-30-37(28-29-44(43)48(31)38-14-6-3-7-15-38)34-22-26-36(27-23-34)46-41-18-10-8-16-39(41)45(40-17-9-11-19-42(40)46)35-24-20-33(21-25-35)32-12-4-2-5-13-32;1-42-37-18-10-9-17-36(37)41-40(42)31-25-23-30(24-26-31)39-34-15-7-5-13-32(34)38(33-14-6-8-16-35(33)39)29-21-19-28(20-22-29)27-11-3-2-4-12-27;1-25-39-35-7-3-5-9-37(35)41(25)33-19-15-27(16-20-33)30-13-11-29-12-14-31(24-32(29)23-30)28-17-21-34(22-18-28)42-26(2)40-36-8-4-6-10-38(36)42/h2-30H,1H3;2-26H,1H3;3-24H,1-2H3. The Morgan fingerprint density at radius 3 is 0.773 bits per heavy atom. The SMILES string of the molecule is Cc1nc2cc(-c3ccc(-c4c5ccccc5c(-c5ccc(-c6ccccc6)cc5)c5ccccc45)cc3)ccc2n1-c1ccccc1.Cc1nc2ccccc2n1-c1ccc(-c2ccc3ccc(-c4ccc(-n5c(C)nc6ccccc65)cc4)cc3c2)cc1.Cn1c(-c2ccc(-c3c4ccccc4c(-c4ccc(-c5ccccc5)cc4)c4ccccc34)cc2)nc2ccccc21. The van der Waals surface area contributed by atoms with Crippen LogP contribution in [0.3, 0.4) is 0 Å². The predicted octanol–water partition coefficient (Wildman–Crippen LogP) is 32.3. The van der Waals surface area contributed by atoms with E-state index in [9.17, 15) is 0 Å². The van der Waals surface area contributed by atoms with Gasteiger partial charge in [0.2, 0.25) is 0 Å². The van der Waals surface area contributed by atoms with Gasteiger partial charge in [-0.2, -0.15) is 0 Å². The zero-order chi connectivity index (χ0) is 88.3. The highest BCUT2D eigenvalue weighted by Crippen LogP contribution is 2.48. The summed E-state index contributed by atoms with van der Waals surface area (Å²) >= 11 is 0. The van der Waals surface area contributed by atoms with Gasteiger partial charge in [0, 0.05) is 29.7 Å². The molecule has 0 radical (unpaired) electrons. The zero-order valence-electron chi connectivity index (χ0n) is 73.5. The fourth-order valence-electron chi connectivity index (χ4n) is 19.9. The first-order chi connectivity index (χ1) is 65.1. The number of para-hydroxylation sites is 7. The molecular weight excluding hydrogens is 1600 g/mol. The van der Waals surface area contributed by atoms with Gasteiger partial charge in [-0.05, 0) is 272 Å². The number of aromatic nitrogens is 8. The molecular formula is C124H88N8. The molecule has 21 aromatic carbocycles. The molecule has 0 saturated heterocycles. The molecule has 132 heavy (non-hydrogen) atoms. The van der Waals surface area contributed by atoms with Gasteiger partial charge < -0.3 is 4.57 Å². The largest absolute Gasteiger partial charge is 0.327 e. The van der Waals surface area contributed by atoms with Crippen LogP contribution in [0.5, 0.6) is 0 Å². The van der Waals surface area contributed by atoms with Crippen LogP contribution in [0.25, 0.3) is 227 Å². The van der Waals surface area contributed by atoms with Crippen LogP contribution in [0, 0.1) is 20.8 Å². The van der Waals surface area contributed by atoms with Crippen LogP contribution in [-0.4, -0.2) is 38.2 Å². The molecule has 624 valence electrons. The highest BCUT2D eigenvalue weighted by molar-refractivity contribution is 6.23. The van der Waals surface area contributed by atoms with Crippen LogP contribution in [-0.2, 0) is 7.05 Å². The van der Waals surface area contributed by atoms with Crippen LogP contribution in [0.15, 0.2) is 461 Å². The molecule has 0 aliphatic rings. The number of fused-ring (bicyclic) bond motifs is 9. The first kappa shape index (κ1) is 79.4. The van der Waals surface area contributed by atoms with E-state index >= 15 is 0 Å². The average Bonchev–Trinajstić information content (AvgIpc) is 1.74. The van der Waals surface area contributed by atoms with Crippen molar-refractivity contribution >= 4 is 98.0 Å². The van der Waals surface area contributed by atoms with E-state index in [-0.39, 0.29) is 0 Å². The van der Waals surface area contributed by atoms with Crippen LogP contribution in [0.1, 0.15) is 17.5 Å². The van der Waals surface area contributed by atoms with Gasteiger partial charge >= 0.3 is 0 Å². The van der Waals surface area contributed by atoms with Crippen molar-refractivity contribution in [3.63, 3.8) is 0 Å². The van der Waals surface area contributed by atoms with Crippen molar-refractivity contribution in [3.8, 4) is 129 Å². The molecule has 0 spiro atoms. The van der Waals surface area contributed by atoms with Gasteiger partial charge in [-0.25, -0.2) is 19.9 Å². The Morgan fingerprint density at radius 2 is 0.409 bits per heavy atom. The molecule has 0 unspecified atom stereocenters. The third-order valence-corrected chi connectivity index (χ3v) is 26.2. The lowest BCUT2D eigenvalue weighted by atomic mass is 9.85. The van der Waals surface area contributed by atoms with E-state index in [4.69, 9.17) is 19.9 Å². The van der Waals surface area contributed by atoms with Crippen LogP contribution >= 0.6 is 0 Å². The second-order valence-corrected chi connectivity index (χ2v) is 34.1. The lowest BCUT2D eigenvalue weighted by Gasteiger charge is -2.18. The first-order valence-electron chi connectivity index (χ1n) is 45.1. The number of nitrogens with zero attached hydrogens (tertiary/aromatic N) is 8. The van der Waals surface area contributed by atoms with E-state index in [0.717, 1.165) is 95.6 Å². The van der Waals surface area contributed by atoms with Crippen molar-refractivity contribution in [2.45, 2.75) is 20.8 Å². The van der Waals surface area contributed by atoms with Gasteiger partial charge in [-0.15, -0.1) is 0 Å². The molecule has 0 amide bonds. The molecule has 0 saturated carbocycles. The van der Waals surface area contributed by atoms with Crippen molar-refractivity contribution < 1.29 is 0 Å². The number of rotatable bonds is 13. The summed E-state index contributed by atoms with van der Waals surface area (Å²) in [4.78, 5) is 19.3. The summed E-state index contributed by atoms with van der Waals surface area (Å²) in [5, 5.41) is 12.5. The van der Waals surface area contributed by atoms with Crippen molar-refractivity contribution in [1.82, 2.24) is 38.2 Å². The Kier molecular flexibility index (Phi) is 20.4. The third-order valence-electron chi connectivity index (χ3n) is 26.2.